The molecule has 2 aromatic rings. The smallest absolute Gasteiger partial charge is 0.171 e. The van der Waals surface area contributed by atoms with Gasteiger partial charge in [0.2, 0.25) is 0 Å². The highest BCUT2D eigenvalue weighted by Crippen LogP contribution is 2.33. The number of aromatic nitrogens is 1. The number of carbonyl (C=O) groups excluding carboxylic acids is 1. The molecule has 2 rings (SSSR count). The Bertz CT molecular complexity index is 607. The molecule has 1 aromatic heterocycles. The van der Waals surface area contributed by atoms with Gasteiger partial charge in [0.15, 0.2) is 5.78 Å². The van der Waals surface area contributed by atoms with Gasteiger partial charge in [0, 0.05) is 12.5 Å². The number of thiazole rings is 1. The number of aryl methyl sites for hydroxylation is 1. The minimum absolute atomic E-state index is 0.0378. The second kappa shape index (κ2) is 5.08. The Kier molecular flexibility index (Phi) is 3.68. The molecule has 1 heterocycles. The zero-order valence-corrected chi connectivity index (χ0v) is 11.9. The van der Waals surface area contributed by atoms with Crippen molar-refractivity contribution in [2.45, 2.75) is 13.8 Å². The van der Waals surface area contributed by atoms with Gasteiger partial charge in [-0.2, -0.15) is 0 Å². The lowest BCUT2D eigenvalue weighted by atomic mass is 10.2. The zero-order valence-electron chi connectivity index (χ0n) is 10.3. The maximum atomic E-state index is 11.4. The van der Waals surface area contributed by atoms with Gasteiger partial charge < -0.3 is 4.74 Å². The van der Waals surface area contributed by atoms with Crippen LogP contribution >= 0.6 is 22.9 Å². The minimum Gasteiger partial charge on any atom is -0.495 e. The van der Waals surface area contributed by atoms with Crippen molar-refractivity contribution in [3.8, 4) is 16.3 Å². The summed E-state index contributed by atoms with van der Waals surface area (Å²) in [5.74, 6) is 0.663. The van der Waals surface area contributed by atoms with E-state index in [1.807, 2.05) is 13.0 Å². The molecule has 0 fully saturated rings. The summed E-state index contributed by atoms with van der Waals surface area (Å²) in [6, 6.07) is 5.47. The Balaban J connectivity index is 2.46. The Labute approximate surface area is 114 Å². The first-order valence-corrected chi connectivity index (χ1v) is 6.54. The number of ketones is 1. The number of Topliss-reactive ketones (excluding diaryl/α,β-unsaturated/α-hetero) is 1. The average Bonchev–Trinajstić information content (AvgIpc) is 2.71. The number of nitrogens with zero attached hydrogens (tertiary/aromatic N) is 1. The van der Waals surface area contributed by atoms with Crippen molar-refractivity contribution in [3.05, 3.63) is 33.8 Å². The molecule has 0 unspecified atom stereocenters. The van der Waals surface area contributed by atoms with Crippen LogP contribution in [0.15, 0.2) is 18.2 Å². The van der Waals surface area contributed by atoms with Gasteiger partial charge in [0.25, 0.3) is 0 Å². The summed E-state index contributed by atoms with van der Waals surface area (Å²) >= 11 is 7.46. The molecule has 0 atom stereocenters. The molecular weight excluding hydrogens is 270 g/mol. The van der Waals surface area contributed by atoms with E-state index < -0.39 is 0 Å². The number of benzene rings is 1. The van der Waals surface area contributed by atoms with E-state index in [-0.39, 0.29) is 5.78 Å². The second-order valence-electron chi connectivity index (χ2n) is 3.84. The van der Waals surface area contributed by atoms with Crippen LogP contribution in [0, 0.1) is 6.92 Å². The first-order valence-electron chi connectivity index (χ1n) is 5.35. The van der Waals surface area contributed by atoms with Crippen molar-refractivity contribution in [2.75, 3.05) is 7.11 Å². The highest BCUT2D eigenvalue weighted by atomic mass is 35.5. The molecule has 0 bridgehead atoms. The molecule has 1 aromatic carbocycles. The summed E-state index contributed by atoms with van der Waals surface area (Å²) in [7, 11) is 1.57. The lowest BCUT2D eigenvalue weighted by molar-refractivity contribution is 0.102. The van der Waals surface area contributed by atoms with Gasteiger partial charge in [-0.1, -0.05) is 11.6 Å². The van der Waals surface area contributed by atoms with Gasteiger partial charge in [0.05, 0.1) is 22.7 Å². The van der Waals surface area contributed by atoms with Crippen LogP contribution in [0.25, 0.3) is 10.6 Å². The SMILES string of the molecule is COc1ccc(-c2nc(C)c(C(C)=O)s2)cc1Cl. The normalized spacial score (nSPS) is 10.4. The topological polar surface area (TPSA) is 39.2 Å². The second-order valence-corrected chi connectivity index (χ2v) is 5.25. The molecule has 0 saturated carbocycles. The zero-order chi connectivity index (χ0) is 13.3. The minimum atomic E-state index is 0.0378. The molecule has 18 heavy (non-hydrogen) atoms. The van der Waals surface area contributed by atoms with Gasteiger partial charge in [0.1, 0.15) is 10.8 Å². The summed E-state index contributed by atoms with van der Waals surface area (Å²) in [6.07, 6.45) is 0. The lowest BCUT2D eigenvalue weighted by Gasteiger charge is -2.03. The van der Waals surface area contributed by atoms with Crippen LogP contribution in [0.5, 0.6) is 5.75 Å². The highest BCUT2D eigenvalue weighted by molar-refractivity contribution is 7.17. The van der Waals surface area contributed by atoms with Gasteiger partial charge >= 0.3 is 0 Å². The van der Waals surface area contributed by atoms with Crippen LogP contribution < -0.4 is 4.74 Å². The third-order valence-corrected chi connectivity index (χ3v) is 4.12. The van der Waals surface area contributed by atoms with E-state index in [4.69, 9.17) is 16.3 Å². The Hall–Kier alpha value is -1.39. The van der Waals surface area contributed by atoms with Crippen molar-refractivity contribution in [2.24, 2.45) is 0 Å². The number of hydrogen-bond donors (Lipinski definition) is 0. The number of rotatable bonds is 3. The maximum Gasteiger partial charge on any atom is 0.171 e. The number of ether oxygens (including phenoxy) is 1. The molecule has 0 amide bonds. The largest absolute Gasteiger partial charge is 0.495 e. The predicted molar refractivity (Wildman–Crippen MR) is 73.9 cm³/mol. The van der Waals surface area contributed by atoms with Gasteiger partial charge in [-0.3, -0.25) is 4.79 Å². The van der Waals surface area contributed by atoms with Crippen LogP contribution in [-0.4, -0.2) is 17.9 Å². The molecule has 5 heteroatoms. The average molecular weight is 282 g/mol. The van der Waals surface area contributed by atoms with Crippen LogP contribution in [0.3, 0.4) is 0 Å². The summed E-state index contributed by atoms with van der Waals surface area (Å²) in [5.41, 5.74) is 1.65. The van der Waals surface area contributed by atoms with Crippen molar-refractivity contribution in [1.82, 2.24) is 4.98 Å². The van der Waals surface area contributed by atoms with Crippen molar-refractivity contribution in [3.63, 3.8) is 0 Å². The Morgan fingerprint density at radius 2 is 2.17 bits per heavy atom. The van der Waals surface area contributed by atoms with E-state index >= 15 is 0 Å². The van der Waals surface area contributed by atoms with Crippen molar-refractivity contribution in [1.29, 1.82) is 0 Å². The third-order valence-electron chi connectivity index (χ3n) is 2.52. The van der Waals surface area contributed by atoms with Gasteiger partial charge in [-0.15, -0.1) is 11.3 Å². The summed E-state index contributed by atoms with van der Waals surface area (Å²) in [4.78, 5) is 16.5. The molecule has 94 valence electrons. The van der Waals surface area contributed by atoms with E-state index in [0.29, 0.717) is 15.6 Å². The van der Waals surface area contributed by atoms with E-state index in [1.54, 1.807) is 26.2 Å². The maximum absolute atomic E-state index is 11.4. The van der Waals surface area contributed by atoms with Crippen LogP contribution in [0.1, 0.15) is 22.3 Å². The molecule has 0 N–H and O–H groups in total. The van der Waals surface area contributed by atoms with Crippen LogP contribution in [0.2, 0.25) is 5.02 Å². The predicted octanol–water partition coefficient (Wildman–Crippen LogP) is 3.98. The fourth-order valence-electron chi connectivity index (χ4n) is 1.65. The molecule has 3 nitrogen and oxygen atoms in total. The summed E-state index contributed by atoms with van der Waals surface area (Å²) in [6.45, 7) is 3.38. The van der Waals surface area contributed by atoms with E-state index in [1.165, 1.54) is 11.3 Å². The Morgan fingerprint density at radius 1 is 1.44 bits per heavy atom. The van der Waals surface area contributed by atoms with E-state index in [9.17, 15) is 4.79 Å². The number of methoxy groups -OCH3 is 1. The number of hydrogen-bond acceptors (Lipinski definition) is 4. The molecule has 0 aliphatic carbocycles. The standard InChI is InChI=1S/C13H12ClNO2S/c1-7-12(8(2)16)18-13(15-7)9-4-5-11(17-3)10(14)6-9/h4-6H,1-3H3. The van der Waals surface area contributed by atoms with E-state index in [2.05, 4.69) is 4.98 Å². The molecule has 0 aliphatic heterocycles. The fourth-order valence-corrected chi connectivity index (χ4v) is 2.86. The van der Waals surface area contributed by atoms with Crippen molar-refractivity contribution >= 4 is 28.7 Å². The van der Waals surface area contributed by atoms with Gasteiger partial charge in [-0.05, 0) is 25.1 Å². The monoisotopic (exact) mass is 281 g/mol. The van der Waals surface area contributed by atoms with Crippen molar-refractivity contribution < 1.29 is 9.53 Å². The summed E-state index contributed by atoms with van der Waals surface area (Å²) in [5, 5.41) is 1.33. The summed E-state index contributed by atoms with van der Waals surface area (Å²) < 4.78 is 5.10. The highest BCUT2D eigenvalue weighted by Gasteiger charge is 2.13. The number of carbonyl (C=O) groups is 1. The molecule has 0 aliphatic rings. The first-order chi connectivity index (χ1) is 8.52. The quantitative estimate of drug-likeness (QED) is 0.799. The molecule has 0 spiro atoms. The van der Waals surface area contributed by atoms with Gasteiger partial charge in [-0.25, -0.2) is 4.98 Å². The van der Waals surface area contributed by atoms with Crippen LogP contribution in [-0.2, 0) is 0 Å². The van der Waals surface area contributed by atoms with E-state index in [0.717, 1.165) is 16.3 Å². The fraction of sp³-hybridized carbons (Fsp3) is 0.231. The van der Waals surface area contributed by atoms with Crippen LogP contribution in [0.4, 0.5) is 0 Å². The Morgan fingerprint density at radius 3 is 2.67 bits per heavy atom. The third kappa shape index (κ3) is 2.40. The lowest BCUT2D eigenvalue weighted by Crippen LogP contribution is -1.89. The molecule has 0 radical (unpaired) electrons. The molecular formula is C13H12ClNO2S. The first kappa shape index (κ1) is 13.1. The molecule has 0 saturated heterocycles. The number of halogens is 1.